The molecule has 0 aliphatic rings. The minimum atomic E-state index is -3.81. The van der Waals surface area contributed by atoms with Crippen LogP contribution in [0.25, 0.3) is 0 Å². The van der Waals surface area contributed by atoms with Gasteiger partial charge in [-0.15, -0.1) is 11.3 Å². The topological polar surface area (TPSA) is 163 Å². The molecule has 1 aromatic carbocycles. The number of hydrogen-bond donors (Lipinski definition) is 4. The zero-order valence-electron chi connectivity index (χ0n) is 14.4. The number of nitrogens with one attached hydrogen (secondary N) is 2. The molecule has 0 fully saturated rings. The Bertz CT molecular complexity index is 958. The minimum absolute atomic E-state index is 0.0622. The summed E-state index contributed by atoms with van der Waals surface area (Å²) >= 11 is 0.977. The molecule has 0 unspecified atom stereocenters. The smallest absolute Gasteiger partial charge is 0.326 e. The molecule has 0 aliphatic heterocycles. The Morgan fingerprint density at radius 1 is 1.14 bits per heavy atom. The van der Waals surface area contributed by atoms with Crippen molar-refractivity contribution >= 4 is 44.3 Å². The lowest BCUT2D eigenvalue weighted by Crippen LogP contribution is -2.41. The second-order valence-electron chi connectivity index (χ2n) is 5.63. The number of carbonyl (C=O) groups excluding carboxylic acids is 1. The van der Waals surface area contributed by atoms with Gasteiger partial charge in [0.15, 0.2) is 5.13 Å². The largest absolute Gasteiger partial charge is 0.481 e. The summed E-state index contributed by atoms with van der Waals surface area (Å²) in [5.41, 5.74) is 0.246. The number of anilines is 1. The Hall–Kier alpha value is -2.99. The number of hydrogen-bond acceptors (Lipinski definition) is 7. The van der Waals surface area contributed by atoms with E-state index in [4.69, 9.17) is 10.2 Å². The van der Waals surface area contributed by atoms with Gasteiger partial charge in [-0.2, -0.15) is 0 Å². The fourth-order valence-corrected chi connectivity index (χ4v) is 4.13. The lowest BCUT2D eigenvalue weighted by Gasteiger charge is -2.12. The molecular formula is C16H17N3O7S2. The van der Waals surface area contributed by atoms with Gasteiger partial charge in [-0.05, 0) is 18.6 Å². The van der Waals surface area contributed by atoms with Crippen molar-refractivity contribution in [2.24, 2.45) is 0 Å². The summed E-state index contributed by atoms with van der Waals surface area (Å²) in [6.07, 6.45) is -0.935. The second-order valence-corrected chi connectivity index (χ2v) is 8.17. The quantitative estimate of drug-likeness (QED) is 0.435. The van der Waals surface area contributed by atoms with Crippen LogP contribution in [0.15, 0.2) is 40.6 Å². The Kier molecular flexibility index (Phi) is 7.06. The molecular weight excluding hydrogens is 410 g/mol. The molecule has 1 amide bonds. The van der Waals surface area contributed by atoms with Crippen LogP contribution in [0.5, 0.6) is 0 Å². The lowest BCUT2D eigenvalue weighted by atomic mass is 10.1. The Balaban J connectivity index is 1.97. The predicted molar refractivity (Wildman–Crippen MR) is 99.5 cm³/mol. The molecule has 1 atom stereocenters. The fraction of sp³-hybridized carbons (Fsp3) is 0.250. The maximum atomic E-state index is 12.2. The third-order valence-electron chi connectivity index (χ3n) is 3.45. The molecule has 1 heterocycles. The minimum Gasteiger partial charge on any atom is -0.481 e. The highest BCUT2D eigenvalue weighted by atomic mass is 32.2. The third-order valence-corrected chi connectivity index (χ3v) is 5.74. The van der Waals surface area contributed by atoms with Crippen LogP contribution in [-0.4, -0.2) is 47.5 Å². The van der Waals surface area contributed by atoms with Crippen molar-refractivity contribution in [2.45, 2.75) is 30.2 Å². The first-order chi connectivity index (χ1) is 13.2. The van der Waals surface area contributed by atoms with Gasteiger partial charge in [0.2, 0.25) is 5.91 Å². The zero-order chi connectivity index (χ0) is 20.7. The molecule has 1 aromatic heterocycles. The average molecular weight is 427 g/mol. The van der Waals surface area contributed by atoms with Crippen LogP contribution in [0.3, 0.4) is 0 Å². The van der Waals surface area contributed by atoms with E-state index in [2.05, 4.69) is 15.0 Å². The van der Waals surface area contributed by atoms with E-state index < -0.39 is 40.3 Å². The molecule has 0 spiro atoms. The van der Waals surface area contributed by atoms with E-state index in [-0.39, 0.29) is 28.6 Å². The van der Waals surface area contributed by atoms with Crippen LogP contribution in [0.2, 0.25) is 0 Å². The zero-order valence-corrected chi connectivity index (χ0v) is 16.0. The summed E-state index contributed by atoms with van der Waals surface area (Å²) in [4.78, 5) is 37.7. The Morgan fingerprint density at radius 3 is 2.43 bits per heavy atom. The highest BCUT2D eigenvalue weighted by Crippen LogP contribution is 2.20. The molecule has 4 N–H and O–H groups in total. The summed E-state index contributed by atoms with van der Waals surface area (Å²) in [6.45, 7) is 0. The lowest BCUT2D eigenvalue weighted by molar-refractivity contribution is -0.143. The van der Waals surface area contributed by atoms with Crippen LogP contribution in [0.1, 0.15) is 18.5 Å². The van der Waals surface area contributed by atoms with Crippen molar-refractivity contribution in [1.82, 2.24) is 10.3 Å². The van der Waals surface area contributed by atoms with Gasteiger partial charge < -0.3 is 15.5 Å². The summed E-state index contributed by atoms with van der Waals surface area (Å²) in [5, 5.41) is 21.4. The van der Waals surface area contributed by atoms with Crippen LogP contribution in [0, 0.1) is 0 Å². The monoisotopic (exact) mass is 427 g/mol. The van der Waals surface area contributed by atoms with Crippen LogP contribution in [-0.2, 0) is 30.8 Å². The summed E-state index contributed by atoms with van der Waals surface area (Å²) in [5.74, 6) is -3.18. The number of amides is 1. The van der Waals surface area contributed by atoms with Crippen LogP contribution >= 0.6 is 11.3 Å². The number of rotatable bonds is 10. The molecule has 12 heteroatoms. The first kappa shape index (κ1) is 21.3. The van der Waals surface area contributed by atoms with Gasteiger partial charge in [0.25, 0.3) is 10.0 Å². The molecule has 0 radical (unpaired) electrons. The number of sulfonamides is 1. The molecule has 0 aliphatic carbocycles. The summed E-state index contributed by atoms with van der Waals surface area (Å²) < 4.78 is 26.8. The van der Waals surface area contributed by atoms with E-state index in [1.165, 1.54) is 17.5 Å². The molecule has 0 saturated carbocycles. The van der Waals surface area contributed by atoms with Crippen LogP contribution < -0.4 is 10.0 Å². The number of nitrogens with zero attached hydrogens (tertiary/aromatic N) is 1. The average Bonchev–Trinajstić information content (AvgIpc) is 3.04. The standard InChI is InChI=1S/C16H17N3O7S2/c20-13(18-12(15(23)24)6-7-14(21)22)8-10-9-27-16(17-10)19-28(25,26)11-4-2-1-3-5-11/h1-5,9,12H,6-8H2,(H,17,19)(H,18,20)(H,21,22)(H,23,24)/t12-/m0/s1. The van der Waals surface area contributed by atoms with E-state index >= 15 is 0 Å². The molecule has 28 heavy (non-hydrogen) atoms. The van der Waals surface area contributed by atoms with Crippen LogP contribution in [0.4, 0.5) is 5.13 Å². The Labute approximate surface area is 164 Å². The third kappa shape index (κ3) is 6.32. The van der Waals surface area contributed by atoms with Gasteiger partial charge in [0.05, 0.1) is 17.0 Å². The van der Waals surface area contributed by atoms with Gasteiger partial charge in [0.1, 0.15) is 6.04 Å². The van der Waals surface area contributed by atoms with E-state index in [1.54, 1.807) is 18.2 Å². The number of carbonyl (C=O) groups is 3. The van der Waals surface area contributed by atoms with E-state index in [0.717, 1.165) is 11.3 Å². The highest BCUT2D eigenvalue weighted by Gasteiger charge is 2.22. The van der Waals surface area contributed by atoms with Crippen molar-refractivity contribution in [2.75, 3.05) is 4.72 Å². The van der Waals surface area contributed by atoms with E-state index in [0.29, 0.717) is 0 Å². The molecule has 0 bridgehead atoms. The summed E-state index contributed by atoms with van der Waals surface area (Å²) in [6, 6.07) is 6.35. The number of carboxylic acids is 2. The molecule has 2 aromatic rings. The highest BCUT2D eigenvalue weighted by molar-refractivity contribution is 7.93. The molecule has 150 valence electrons. The first-order valence-electron chi connectivity index (χ1n) is 7.93. The van der Waals surface area contributed by atoms with Crippen molar-refractivity contribution in [1.29, 1.82) is 0 Å². The SMILES string of the molecule is O=C(O)CC[C@H](NC(=O)Cc1csc(NS(=O)(=O)c2ccccc2)n1)C(=O)O. The Morgan fingerprint density at radius 2 is 1.82 bits per heavy atom. The molecule has 2 rings (SSSR count). The summed E-state index contributed by atoms with van der Waals surface area (Å²) in [7, 11) is -3.81. The van der Waals surface area contributed by atoms with Crippen molar-refractivity contribution in [3.63, 3.8) is 0 Å². The van der Waals surface area contributed by atoms with E-state index in [1.807, 2.05) is 0 Å². The van der Waals surface area contributed by atoms with Gasteiger partial charge >= 0.3 is 11.9 Å². The van der Waals surface area contributed by atoms with Gasteiger partial charge in [0, 0.05) is 11.8 Å². The number of benzene rings is 1. The van der Waals surface area contributed by atoms with Crippen molar-refractivity contribution < 1.29 is 33.0 Å². The molecule has 0 saturated heterocycles. The number of aromatic nitrogens is 1. The molecule has 10 nitrogen and oxygen atoms in total. The van der Waals surface area contributed by atoms with Crippen molar-refractivity contribution in [3.05, 3.63) is 41.4 Å². The number of thiazole rings is 1. The van der Waals surface area contributed by atoms with Gasteiger partial charge in [-0.1, -0.05) is 18.2 Å². The second kappa shape index (κ2) is 9.28. The number of aliphatic carboxylic acids is 2. The van der Waals surface area contributed by atoms with Crippen molar-refractivity contribution in [3.8, 4) is 0 Å². The normalized spacial score (nSPS) is 12.1. The fourth-order valence-electron chi connectivity index (χ4n) is 2.14. The maximum Gasteiger partial charge on any atom is 0.326 e. The van der Waals surface area contributed by atoms with Gasteiger partial charge in [-0.3, -0.25) is 14.3 Å². The van der Waals surface area contributed by atoms with Gasteiger partial charge in [-0.25, -0.2) is 18.2 Å². The van der Waals surface area contributed by atoms with E-state index in [9.17, 15) is 22.8 Å². The first-order valence-corrected chi connectivity index (χ1v) is 10.3. The number of carboxylic acid groups (broad SMARTS) is 2. The maximum absolute atomic E-state index is 12.2. The predicted octanol–water partition coefficient (Wildman–Crippen LogP) is 0.921.